The number of nitrogens with zero attached hydrogens (tertiary/aromatic N) is 16. The first-order chi connectivity index (χ1) is 43.1. The summed E-state index contributed by atoms with van der Waals surface area (Å²) >= 11 is 0. The van der Waals surface area contributed by atoms with Crippen molar-refractivity contribution >= 4 is 80.9 Å². The molecule has 5 fully saturated rings. The summed E-state index contributed by atoms with van der Waals surface area (Å²) in [5.41, 5.74) is 26.6. The van der Waals surface area contributed by atoms with Crippen LogP contribution >= 0.6 is 0 Å². The minimum Gasteiger partial charge on any atom is -0.444 e. The molecule has 0 saturated carbocycles. The number of aliphatic hydroxyl groups is 1. The number of morpholine rings is 1. The Morgan fingerprint density at radius 2 is 0.783 bits per heavy atom. The third-order valence-electron chi connectivity index (χ3n) is 17.8. The van der Waals surface area contributed by atoms with Gasteiger partial charge in [0.15, 0.2) is 45.7 Å². The van der Waals surface area contributed by atoms with Crippen molar-refractivity contribution < 1.29 is 28.2 Å². The lowest BCUT2D eigenvalue weighted by atomic mass is 9.83. The summed E-state index contributed by atoms with van der Waals surface area (Å²) in [6, 6.07) is 18.4. The number of carbonyl (C=O) groups excluding carboxylic acids is 1. The van der Waals surface area contributed by atoms with Crippen LogP contribution in [0.1, 0.15) is 115 Å². The topological polar surface area (TPSA) is 353 Å². The first-order valence-corrected chi connectivity index (χ1v) is 38.2. The summed E-state index contributed by atoms with van der Waals surface area (Å²) in [5.74, 6) is 6.93. The van der Waals surface area contributed by atoms with Crippen LogP contribution in [0.25, 0.3) is 0 Å². The molecule has 29 heteroatoms. The third kappa shape index (κ3) is 23.5. The smallest absolute Gasteiger partial charge is 0.410 e. The van der Waals surface area contributed by atoms with Crippen molar-refractivity contribution in [3.63, 3.8) is 0 Å². The first kappa shape index (κ1) is 74.0. The van der Waals surface area contributed by atoms with Crippen molar-refractivity contribution in [2.75, 3.05) is 145 Å². The summed E-state index contributed by atoms with van der Waals surface area (Å²) in [6.07, 6.45) is 6.74. The van der Waals surface area contributed by atoms with Crippen LogP contribution in [0, 0.1) is 5.92 Å². The highest BCUT2D eigenvalue weighted by Crippen LogP contribution is 2.40. The molecule has 92 heavy (non-hydrogen) atoms. The van der Waals surface area contributed by atoms with Gasteiger partial charge in [0.05, 0.1) is 24.9 Å². The molecule has 10 rings (SSSR count). The number of piperidine rings is 3. The van der Waals surface area contributed by atoms with Crippen LogP contribution in [-0.2, 0) is 18.3 Å². The van der Waals surface area contributed by atoms with Gasteiger partial charge in [0.2, 0.25) is 0 Å². The molecule has 1 amide bonds. The molecular weight excluding hydrogens is 1200 g/mol. The molecule has 27 nitrogen and oxygen atoms in total. The van der Waals surface area contributed by atoms with Crippen LogP contribution in [0.4, 0.5) is 63.0 Å². The van der Waals surface area contributed by atoms with E-state index in [4.69, 9.17) is 47.0 Å². The summed E-state index contributed by atoms with van der Waals surface area (Å²) in [4.78, 5) is 24.6. The van der Waals surface area contributed by atoms with Gasteiger partial charge < -0.3 is 81.5 Å². The quantitative estimate of drug-likeness (QED) is 0.0718. The molecule has 510 valence electrons. The second-order valence-corrected chi connectivity index (χ2v) is 38.2. The maximum atomic E-state index is 11.9. The fraction of sp³-hybridized carbons (Fsp3) is 0.667. The van der Waals surface area contributed by atoms with Crippen LogP contribution < -0.4 is 53.2 Å². The summed E-state index contributed by atoms with van der Waals surface area (Å²) in [7, 11) is -3.38. The number of aromatic nitrogens is 10. The molecule has 5 aromatic heterocycles. The Kier molecular flexibility index (Phi) is 26.3. The van der Waals surface area contributed by atoms with E-state index >= 15 is 0 Å². The number of anilines is 10. The monoisotopic (exact) mass is 1310 g/mol. The highest BCUT2D eigenvalue weighted by atomic mass is 28.4. The second-order valence-electron chi connectivity index (χ2n) is 28.7. The standard InChI is InChI=1S/2C15H28N4OSi.C13H21N5O2.C12H20N4O.C8H12N4O/c1-15(2,3)21(4,5)20-12-8-10-19(11-9-12)14-7-6-13(16)17-18-14;1-15(2,3)21(4,5)20-12-7-6-10-19(11-12)14-9-8-13(16)17-18-14;1-13(2,3)20-12(19)18-8-6-17(7-9-18)11-5-4-10(14)15-16-11;1-12(2,17)9-5-7-16(8-6-9)11-4-3-10(13)14-15-11;9-7-1-2-8(11-10-7)12-3-5-13-6-4-12/h6-7,12H,8-11H2,1-5H3,(H2,16,17);8-9,12H,6-7,10-11H2,1-5H3,(H2,16,17);4-5H,6-9H2,1-3H3,(H2,14,15);3-4,9,17H,5-8H2,1-2H3,(H2,13,14);1-2H,3-6H2,(H2,9,10). The average molecular weight is 1310 g/mol. The van der Waals surface area contributed by atoms with E-state index in [1.165, 1.54) is 0 Å². The lowest BCUT2D eigenvalue weighted by molar-refractivity contribution is 0.00642. The van der Waals surface area contributed by atoms with Crippen molar-refractivity contribution in [2.45, 2.75) is 174 Å². The zero-order valence-electron chi connectivity index (χ0n) is 57.7. The van der Waals surface area contributed by atoms with Gasteiger partial charge in [-0.15, -0.1) is 51.0 Å². The molecule has 5 aliphatic heterocycles. The molecule has 0 spiro atoms. The van der Waals surface area contributed by atoms with E-state index in [0.717, 1.165) is 133 Å². The number of ether oxygens (including phenoxy) is 2. The number of hydrogen-bond donors (Lipinski definition) is 6. The summed E-state index contributed by atoms with van der Waals surface area (Å²) in [6.45, 7) is 43.9. The largest absolute Gasteiger partial charge is 0.444 e. The highest BCUT2D eigenvalue weighted by Gasteiger charge is 2.41. The van der Waals surface area contributed by atoms with E-state index in [1.807, 2.05) is 65.0 Å². The Morgan fingerprint density at radius 1 is 0.446 bits per heavy atom. The Hall–Kier alpha value is -7.06. The molecule has 0 aliphatic carbocycles. The zero-order valence-corrected chi connectivity index (χ0v) is 59.7. The van der Waals surface area contributed by atoms with Crippen LogP contribution in [0.5, 0.6) is 0 Å². The molecule has 11 N–H and O–H groups in total. The highest BCUT2D eigenvalue weighted by molar-refractivity contribution is 6.74. The van der Waals surface area contributed by atoms with E-state index in [1.54, 1.807) is 35.2 Å². The van der Waals surface area contributed by atoms with E-state index in [9.17, 15) is 9.90 Å². The summed E-state index contributed by atoms with van der Waals surface area (Å²) in [5, 5.41) is 50.3. The van der Waals surface area contributed by atoms with Crippen LogP contribution in [0.15, 0.2) is 60.7 Å². The first-order valence-electron chi connectivity index (χ1n) is 32.4. The predicted octanol–water partition coefficient (Wildman–Crippen LogP) is 8.16. The molecule has 1 unspecified atom stereocenters. The normalized spacial score (nSPS) is 18.2. The average Bonchev–Trinajstić information content (AvgIpc) is 1.74. The zero-order chi connectivity index (χ0) is 67.7. The molecule has 5 aliphatic rings. The second kappa shape index (κ2) is 32.7. The molecular formula is C63H109N21O6Si2. The van der Waals surface area contributed by atoms with Gasteiger partial charge >= 0.3 is 6.09 Å². The lowest BCUT2D eigenvalue weighted by Crippen LogP contribution is -2.50. The van der Waals surface area contributed by atoms with Gasteiger partial charge in [-0.1, -0.05) is 41.5 Å². The van der Waals surface area contributed by atoms with Gasteiger partial charge in [-0.25, -0.2) is 4.79 Å². The molecule has 5 aromatic rings. The number of carbonyl (C=O) groups is 1. The van der Waals surface area contributed by atoms with Gasteiger partial charge in [0.25, 0.3) is 0 Å². The van der Waals surface area contributed by atoms with Crippen molar-refractivity contribution in [1.82, 2.24) is 55.9 Å². The third-order valence-corrected chi connectivity index (χ3v) is 26.8. The Balaban J connectivity index is 0.000000184. The number of amides is 1. The molecule has 0 bridgehead atoms. The Morgan fingerprint density at radius 3 is 1.12 bits per heavy atom. The van der Waals surface area contributed by atoms with E-state index in [0.29, 0.717) is 73.4 Å². The van der Waals surface area contributed by atoms with Gasteiger partial charge in [-0.2, -0.15) is 0 Å². The van der Waals surface area contributed by atoms with Gasteiger partial charge in [-0.05, 0) is 176 Å². The van der Waals surface area contributed by atoms with E-state index in [2.05, 4.69) is 143 Å². The SMILES string of the molecule is CC(C)(C)OC(=O)N1CCN(c2ccc(N)nn2)CC1.CC(C)(C)[Si](C)(C)OC1CCCN(c2ccc(N)nn2)C1.CC(C)(C)[Si](C)(C)OC1CCN(c2ccc(N)nn2)CC1.CC(C)(O)C1CCN(c2ccc(N)nn2)CC1.Nc1ccc(N2CCOCC2)nn1. The molecule has 0 aromatic carbocycles. The molecule has 10 heterocycles. The minimum atomic E-state index is -1.71. The fourth-order valence-corrected chi connectivity index (χ4v) is 13.0. The Labute approximate surface area is 548 Å². The van der Waals surface area contributed by atoms with Gasteiger partial charge in [-0.3, -0.25) is 0 Å². The number of piperazine rings is 1. The lowest BCUT2D eigenvalue weighted by Gasteiger charge is -2.42. The number of nitrogens with two attached hydrogens (primary N) is 5. The number of hydrogen-bond acceptors (Lipinski definition) is 26. The molecule has 1 atom stereocenters. The Bertz CT molecular complexity index is 2960. The van der Waals surface area contributed by atoms with Crippen molar-refractivity contribution in [2.24, 2.45) is 5.92 Å². The minimum absolute atomic E-state index is 0.246. The maximum absolute atomic E-state index is 11.9. The predicted molar refractivity (Wildman–Crippen MR) is 374 cm³/mol. The van der Waals surface area contributed by atoms with E-state index < -0.39 is 27.8 Å². The van der Waals surface area contributed by atoms with Gasteiger partial charge in [0.1, 0.15) is 34.7 Å². The maximum Gasteiger partial charge on any atom is 0.410 e. The van der Waals surface area contributed by atoms with E-state index in [-0.39, 0.29) is 16.2 Å². The van der Waals surface area contributed by atoms with Crippen LogP contribution in [-0.4, -0.2) is 199 Å². The van der Waals surface area contributed by atoms with Crippen LogP contribution in [0.3, 0.4) is 0 Å². The van der Waals surface area contributed by atoms with Crippen molar-refractivity contribution in [3.05, 3.63) is 60.7 Å². The number of rotatable bonds is 10. The van der Waals surface area contributed by atoms with Crippen molar-refractivity contribution in [1.29, 1.82) is 0 Å². The van der Waals surface area contributed by atoms with Gasteiger partial charge in [0, 0.05) is 84.6 Å². The number of nitrogen functional groups attached to an aromatic ring is 5. The fourth-order valence-electron chi connectivity index (χ4n) is 10.2. The van der Waals surface area contributed by atoms with Crippen molar-refractivity contribution in [3.8, 4) is 0 Å². The molecule has 0 radical (unpaired) electrons. The summed E-state index contributed by atoms with van der Waals surface area (Å²) < 4.78 is 23.6. The molecule has 5 saturated heterocycles. The van der Waals surface area contributed by atoms with Crippen LogP contribution in [0.2, 0.25) is 36.3 Å².